The zero-order valence-corrected chi connectivity index (χ0v) is 18.8. The number of nitrogens with one attached hydrogen (secondary N) is 2. The standard InChI is InChI=1S/C27H26FN3O3/c1-19(22-12-14-23(28)15-13-22)29-24(32)18-31-25(33)27(30-26(31)34,16-20-8-4-2-5-9-20)17-21-10-6-3-7-11-21/h2-15,19H,16-18H2,1H3,(H,29,32)(H,30,34). The van der Waals surface area contributed by atoms with Gasteiger partial charge in [0.25, 0.3) is 5.91 Å². The molecule has 4 rings (SSSR count). The first kappa shape index (κ1) is 23.2. The summed E-state index contributed by atoms with van der Waals surface area (Å²) < 4.78 is 13.2. The van der Waals surface area contributed by atoms with Gasteiger partial charge in [-0.1, -0.05) is 72.8 Å². The van der Waals surface area contributed by atoms with Crippen LogP contribution in [0, 0.1) is 5.82 Å². The molecule has 7 heteroatoms. The Morgan fingerprint density at radius 2 is 1.44 bits per heavy atom. The molecule has 0 radical (unpaired) electrons. The number of amides is 4. The molecule has 1 atom stereocenters. The molecule has 0 spiro atoms. The summed E-state index contributed by atoms with van der Waals surface area (Å²) >= 11 is 0. The van der Waals surface area contributed by atoms with Crippen molar-refractivity contribution in [3.8, 4) is 0 Å². The summed E-state index contributed by atoms with van der Waals surface area (Å²) in [6.07, 6.45) is 0.606. The normalized spacial score (nSPS) is 15.6. The van der Waals surface area contributed by atoms with Gasteiger partial charge in [0.2, 0.25) is 5.91 Å². The number of benzene rings is 3. The van der Waals surface area contributed by atoms with E-state index in [-0.39, 0.29) is 5.82 Å². The third-order valence-electron chi connectivity index (χ3n) is 5.99. The Morgan fingerprint density at radius 1 is 0.912 bits per heavy atom. The largest absolute Gasteiger partial charge is 0.348 e. The summed E-state index contributed by atoms with van der Waals surface area (Å²) in [5.41, 5.74) is 1.34. The fourth-order valence-corrected chi connectivity index (χ4v) is 4.28. The van der Waals surface area contributed by atoms with Gasteiger partial charge >= 0.3 is 6.03 Å². The molecular formula is C27H26FN3O3. The minimum Gasteiger partial charge on any atom is -0.348 e. The molecule has 1 fully saturated rings. The molecule has 34 heavy (non-hydrogen) atoms. The first-order valence-corrected chi connectivity index (χ1v) is 11.1. The summed E-state index contributed by atoms with van der Waals surface area (Å²) in [4.78, 5) is 40.2. The molecule has 1 aliphatic heterocycles. The molecule has 3 aromatic rings. The van der Waals surface area contributed by atoms with Crippen molar-refractivity contribution in [3.05, 3.63) is 107 Å². The van der Waals surface area contributed by atoms with Crippen molar-refractivity contribution in [2.75, 3.05) is 6.54 Å². The fourth-order valence-electron chi connectivity index (χ4n) is 4.28. The molecular weight excluding hydrogens is 433 g/mol. The highest BCUT2D eigenvalue weighted by atomic mass is 19.1. The van der Waals surface area contributed by atoms with Gasteiger partial charge in [0, 0.05) is 12.8 Å². The van der Waals surface area contributed by atoms with E-state index in [2.05, 4.69) is 10.6 Å². The smallest absolute Gasteiger partial charge is 0.325 e. The van der Waals surface area contributed by atoms with Gasteiger partial charge in [-0.3, -0.25) is 14.5 Å². The molecule has 1 saturated heterocycles. The van der Waals surface area contributed by atoms with Gasteiger partial charge in [0.15, 0.2) is 0 Å². The molecule has 0 aliphatic carbocycles. The van der Waals surface area contributed by atoms with Gasteiger partial charge in [0.1, 0.15) is 17.9 Å². The van der Waals surface area contributed by atoms with Gasteiger partial charge in [-0.15, -0.1) is 0 Å². The maximum atomic E-state index is 13.6. The second kappa shape index (κ2) is 9.87. The molecule has 3 aromatic carbocycles. The topological polar surface area (TPSA) is 78.5 Å². The van der Waals surface area contributed by atoms with E-state index in [9.17, 15) is 18.8 Å². The lowest BCUT2D eigenvalue weighted by Crippen LogP contribution is -2.51. The number of rotatable bonds is 8. The van der Waals surface area contributed by atoms with Crippen LogP contribution in [-0.4, -0.2) is 34.8 Å². The third-order valence-corrected chi connectivity index (χ3v) is 5.99. The summed E-state index contributed by atoms with van der Waals surface area (Å²) in [5, 5.41) is 5.65. The van der Waals surface area contributed by atoms with Crippen LogP contribution in [0.25, 0.3) is 0 Å². The Balaban J connectivity index is 1.52. The van der Waals surface area contributed by atoms with Crippen LogP contribution < -0.4 is 10.6 Å². The molecule has 174 valence electrons. The fraction of sp³-hybridized carbons (Fsp3) is 0.222. The minimum absolute atomic E-state index is 0.303. The van der Waals surface area contributed by atoms with Crippen LogP contribution in [0.1, 0.15) is 29.7 Å². The molecule has 4 amide bonds. The molecule has 1 heterocycles. The van der Waals surface area contributed by atoms with E-state index in [0.717, 1.165) is 21.6 Å². The maximum absolute atomic E-state index is 13.6. The molecule has 6 nitrogen and oxygen atoms in total. The average Bonchev–Trinajstić information content (AvgIpc) is 3.04. The van der Waals surface area contributed by atoms with E-state index in [0.29, 0.717) is 12.8 Å². The number of hydrogen-bond acceptors (Lipinski definition) is 3. The Bertz CT molecular complexity index is 1130. The Morgan fingerprint density at radius 3 is 1.97 bits per heavy atom. The van der Waals surface area contributed by atoms with Crippen molar-refractivity contribution >= 4 is 17.8 Å². The van der Waals surface area contributed by atoms with E-state index in [1.807, 2.05) is 60.7 Å². The van der Waals surface area contributed by atoms with Crippen molar-refractivity contribution < 1.29 is 18.8 Å². The molecule has 1 unspecified atom stereocenters. The van der Waals surface area contributed by atoms with E-state index < -0.39 is 36.0 Å². The van der Waals surface area contributed by atoms with E-state index in [1.165, 1.54) is 12.1 Å². The molecule has 0 aromatic heterocycles. The Kier molecular flexibility index (Phi) is 6.72. The molecule has 2 N–H and O–H groups in total. The first-order chi connectivity index (χ1) is 16.4. The highest BCUT2D eigenvalue weighted by Crippen LogP contribution is 2.27. The number of urea groups is 1. The number of carbonyl (C=O) groups excluding carboxylic acids is 3. The molecule has 1 aliphatic rings. The predicted octanol–water partition coefficient (Wildman–Crippen LogP) is 3.78. The lowest BCUT2D eigenvalue weighted by Gasteiger charge is -2.27. The number of imide groups is 1. The van der Waals surface area contributed by atoms with Crippen molar-refractivity contribution in [1.29, 1.82) is 0 Å². The van der Waals surface area contributed by atoms with Gasteiger partial charge in [-0.2, -0.15) is 0 Å². The van der Waals surface area contributed by atoms with Crippen LogP contribution in [0.2, 0.25) is 0 Å². The number of hydrogen-bond donors (Lipinski definition) is 2. The average molecular weight is 460 g/mol. The highest BCUT2D eigenvalue weighted by molar-refractivity contribution is 6.09. The second-order valence-electron chi connectivity index (χ2n) is 8.57. The Labute approximate surface area is 197 Å². The predicted molar refractivity (Wildman–Crippen MR) is 126 cm³/mol. The van der Waals surface area contributed by atoms with Crippen LogP contribution >= 0.6 is 0 Å². The SMILES string of the molecule is CC(NC(=O)CN1C(=O)NC(Cc2ccccc2)(Cc2ccccc2)C1=O)c1ccc(F)cc1. The number of nitrogens with zero attached hydrogens (tertiary/aromatic N) is 1. The van der Waals surface area contributed by atoms with Gasteiger partial charge in [0.05, 0.1) is 6.04 Å². The summed E-state index contributed by atoms with van der Waals surface area (Å²) in [5.74, 6) is -1.28. The lowest BCUT2D eigenvalue weighted by molar-refractivity contribution is -0.135. The zero-order chi connectivity index (χ0) is 24.1. The zero-order valence-electron chi connectivity index (χ0n) is 18.8. The molecule has 0 bridgehead atoms. The van der Waals surface area contributed by atoms with Crippen LogP contribution in [0.5, 0.6) is 0 Å². The minimum atomic E-state index is -1.19. The molecule has 0 saturated carbocycles. The monoisotopic (exact) mass is 459 g/mol. The van der Waals surface area contributed by atoms with Gasteiger partial charge in [-0.05, 0) is 35.7 Å². The van der Waals surface area contributed by atoms with Gasteiger partial charge < -0.3 is 10.6 Å². The second-order valence-corrected chi connectivity index (χ2v) is 8.57. The van der Waals surface area contributed by atoms with Crippen molar-refractivity contribution in [2.24, 2.45) is 0 Å². The quantitative estimate of drug-likeness (QED) is 0.504. The summed E-state index contributed by atoms with van der Waals surface area (Å²) in [6.45, 7) is 1.35. The lowest BCUT2D eigenvalue weighted by atomic mass is 9.84. The van der Waals surface area contributed by atoms with Crippen LogP contribution in [-0.2, 0) is 22.4 Å². The van der Waals surface area contributed by atoms with Crippen LogP contribution in [0.3, 0.4) is 0 Å². The summed E-state index contributed by atoms with van der Waals surface area (Å²) in [7, 11) is 0. The van der Waals surface area contributed by atoms with Crippen molar-refractivity contribution in [2.45, 2.75) is 31.3 Å². The van der Waals surface area contributed by atoms with Crippen LogP contribution in [0.15, 0.2) is 84.9 Å². The van der Waals surface area contributed by atoms with Gasteiger partial charge in [-0.25, -0.2) is 9.18 Å². The van der Waals surface area contributed by atoms with Crippen molar-refractivity contribution in [1.82, 2.24) is 15.5 Å². The van der Waals surface area contributed by atoms with E-state index in [4.69, 9.17) is 0 Å². The maximum Gasteiger partial charge on any atom is 0.325 e. The first-order valence-electron chi connectivity index (χ1n) is 11.1. The summed E-state index contributed by atoms with van der Waals surface area (Å²) in [6, 6.07) is 23.7. The van der Waals surface area contributed by atoms with E-state index in [1.54, 1.807) is 19.1 Å². The van der Waals surface area contributed by atoms with E-state index >= 15 is 0 Å². The Hall–Kier alpha value is -4.00. The highest BCUT2D eigenvalue weighted by Gasteiger charge is 2.51. The number of halogens is 1. The van der Waals surface area contributed by atoms with Crippen molar-refractivity contribution in [3.63, 3.8) is 0 Å². The van der Waals surface area contributed by atoms with Crippen LogP contribution in [0.4, 0.5) is 9.18 Å². The third kappa shape index (κ3) is 5.14. The number of carbonyl (C=O) groups is 3.